The van der Waals surface area contributed by atoms with Gasteiger partial charge in [-0.1, -0.05) is 6.07 Å². The maximum Gasteiger partial charge on any atom is 0.253 e. The van der Waals surface area contributed by atoms with Gasteiger partial charge in [0.1, 0.15) is 18.0 Å². The number of carbonyl (C=O) groups is 1. The molecule has 0 spiro atoms. The molecule has 1 amide bonds. The summed E-state index contributed by atoms with van der Waals surface area (Å²) < 4.78 is 26.4. The van der Waals surface area contributed by atoms with Gasteiger partial charge in [-0.05, 0) is 18.2 Å². The van der Waals surface area contributed by atoms with Crippen LogP contribution in [0.15, 0.2) is 55.2 Å². The van der Waals surface area contributed by atoms with Gasteiger partial charge in [-0.2, -0.15) is 0 Å². The number of benzene rings is 1. The van der Waals surface area contributed by atoms with Crippen molar-refractivity contribution >= 4 is 5.91 Å². The van der Waals surface area contributed by atoms with Crippen molar-refractivity contribution in [3.05, 3.63) is 78.0 Å². The van der Waals surface area contributed by atoms with Crippen molar-refractivity contribution in [2.45, 2.75) is 6.54 Å². The fraction of sp³-hybridized carbons (Fsp3) is 0.0588. The molecule has 5 nitrogen and oxygen atoms in total. The maximum atomic E-state index is 13.5. The summed E-state index contributed by atoms with van der Waals surface area (Å²) in [6.45, 7) is -0.0424. The van der Waals surface area contributed by atoms with E-state index in [0.29, 0.717) is 11.3 Å². The van der Waals surface area contributed by atoms with Gasteiger partial charge in [0.2, 0.25) is 0 Å². The number of nitrogens with one attached hydrogen (secondary N) is 1. The van der Waals surface area contributed by atoms with Crippen molar-refractivity contribution in [1.82, 2.24) is 20.3 Å². The summed E-state index contributed by atoms with van der Waals surface area (Å²) in [4.78, 5) is 24.1. The van der Waals surface area contributed by atoms with Crippen molar-refractivity contribution in [2.75, 3.05) is 0 Å². The molecule has 0 aliphatic rings. The van der Waals surface area contributed by atoms with Crippen molar-refractivity contribution < 1.29 is 13.6 Å². The summed E-state index contributed by atoms with van der Waals surface area (Å²) in [5, 5.41) is 2.57. The number of amides is 1. The molecule has 7 heteroatoms. The van der Waals surface area contributed by atoms with Crippen molar-refractivity contribution in [3.63, 3.8) is 0 Å². The lowest BCUT2D eigenvalue weighted by Crippen LogP contribution is -2.23. The Morgan fingerprint density at radius 2 is 1.83 bits per heavy atom. The largest absolute Gasteiger partial charge is 0.348 e. The standard InChI is InChI=1S/C17H12F2N4O/c18-14-3-1-11(15(19)5-14)8-23-17(24)12-2-4-16(22-9-12)13-6-20-10-21-7-13/h1-7,9-10H,8H2,(H,23,24). The lowest BCUT2D eigenvalue weighted by Gasteiger charge is -2.07. The average Bonchev–Trinajstić information content (AvgIpc) is 2.62. The number of pyridine rings is 1. The molecule has 0 saturated heterocycles. The molecule has 1 N–H and O–H groups in total. The predicted molar refractivity (Wildman–Crippen MR) is 82.8 cm³/mol. The highest BCUT2D eigenvalue weighted by Crippen LogP contribution is 2.14. The molecule has 3 rings (SSSR count). The van der Waals surface area contributed by atoms with Crippen LogP contribution < -0.4 is 5.32 Å². The Morgan fingerprint density at radius 1 is 1.04 bits per heavy atom. The lowest BCUT2D eigenvalue weighted by atomic mass is 10.1. The second-order valence-corrected chi connectivity index (χ2v) is 4.98. The van der Waals surface area contributed by atoms with Gasteiger partial charge < -0.3 is 5.32 Å². The normalized spacial score (nSPS) is 10.4. The van der Waals surface area contributed by atoms with E-state index in [1.54, 1.807) is 24.5 Å². The van der Waals surface area contributed by atoms with Crippen LogP contribution in [0.2, 0.25) is 0 Å². The van der Waals surface area contributed by atoms with E-state index in [0.717, 1.165) is 17.7 Å². The van der Waals surface area contributed by atoms with Crippen LogP contribution in [0.4, 0.5) is 8.78 Å². The third kappa shape index (κ3) is 3.57. The summed E-state index contributed by atoms with van der Waals surface area (Å²) in [5.74, 6) is -1.76. The van der Waals surface area contributed by atoms with Crippen LogP contribution >= 0.6 is 0 Å². The Hall–Kier alpha value is -3.22. The maximum absolute atomic E-state index is 13.5. The molecule has 1 aromatic carbocycles. The summed E-state index contributed by atoms with van der Waals surface area (Å²) >= 11 is 0. The van der Waals surface area contributed by atoms with Gasteiger partial charge in [0.15, 0.2) is 0 Å². The van der Waals surface area contributed by atoms with Crippen molar-refractivity contribution in [2.24, 2.45) is 0 Å². The van der Waals surface area contributed by atoms with E-state index < -0.39 is 17.5 Å². The second-order valence-electron chi connectivity index (χ2n) is 4.98. The number of aromatic nitrogens is 3. The molecule has 0 fully saturated rings. The number of rotatable bonds is 4. The Bertz CT molecular complexity index is 854. The molecular weight excluding hydrogens is 314 g/mol. The summed E-state index contributed by atoms with van der Waals surface area (Å²) in [6.07, 6.45) is 6.07. The number of halogens is 2. The molecule has 0 saturated carbocycles. The van der Waals surface area contributed by atoms with E-state index in [9.17, 15) is 13.6 Å². The molecule has 3 aromatic rings. The van der Waals surface area contributed by atoms with E-state index in [1.807, 2.05) is 0 Å². The smallest absolute Gasteiger partial charge is 0.253 e. The molecule has 0 aliphatic heterocycles. The van der Waals surface area contributed by atoms with E-state index in [4.69, 9.17) is 0 Å². The minimum atomic E-state index is -0.701. The number of carbonyl (C=O) groups excluding carboxylic acids is 1. The summed E-state index contributed by atoms with van der Waals surface area (Å²) in [7, 11) is 0. The molecule has 2 heterocycles. The van der Waals surface area contributed by atoms with Gasteiger partial charge in [0.05, 0.1) is 11.3 Å². The Balaban J connectivity index is 1.67. The number of nitrogens with zero attached hydrogens (tertiary/aromatic N) is 3. The molecule has 0 bridgehead atoms. The summed E-state index contributed by atoms with van der Waals surface area (Å²) in [6, 6.07) is 6.49. The van der Waals surface area contributed by atoms with Gasteiger partial charge >= 0.3 is 0 Å². The Labute approximate surface area is 136 Å². The first kappa shape index (κ1) is 15.7. The van der Waals surface area contributed by atoms with Crippen LogP contribution in [0.3, 0.4) is 0 Å². The third-order valence-electron chi connectivity index (χ3n) is 3.34. The topological polar surface area (TPSA) is 67.8 Å². The molecule has 0 unspecified atom stereocenters. The first-order valence-electron chi connectivity index (χ1n) is 7.07. The zero-order valence-electron chi connectivity index (χ0n) is 12.4. The fourth-order valence-corrected chi connectivity index (χ4v) is 2.07. The molecule has 24 heavy (non-hydrogen) atoms. The molecule has 120 valence electrons. The molecule has 0 aliphatic carbocycles. The van der Waals surface area contributed by atoms with Gasteiger partial charge in [0.25, 0.3) is 5.91 Å². The Kier molecular flexibility index (Phi) is 4.51. The fourth-order valence-electron chi connectivity index (χ4n) is 2.07. The van der Waals surface area contributed by atoms with Gasteiger partial charge in [-0.15, -0.1) is 0 Å². The molecule has 0 radical (unpaired) electrons. The van der Waals surface area contributed by atoms with Gasteiger partial charge in [0, 0.05) is 42.3 Å². The van der Waals surface area contributed by atoms with Crippen LogP contribution in [-0.2, 0) is 6.54 Å². The number of hydrogen-bond acceptors (Lipinski definition) is 4. The highest BCUT2D eigenvalue weighted by atomic mass is 19.1. The van der Waals surface area contributed by atoms with Crippen LogP contribution in [0.5, 0.6) is 0 Å². The summed E-state index contributed by atoms with van der Waals surface area (Å²) in [5.41, 5.74) is 1.91. The van der Waals surface area contributed by atoms with Gasteiger partial charge in [-0.25, -0.2) is 18.7 Å². The van der Waals surface area contributed by atoms with E-state index in [-0.39, 0.29) is 12.1 Å². The predicted octanol–water partition coefficient (Wildman–Crippen LogP) is 2.75. The van der Waals surface area contributed by atoms with Crippen LogP contribution in [0.25, 0.3) is 11.3 Å². The SMILES string of the molecule is O=C(NCc1ccc(F)cc1F)c1ccc(-c2cncnc2)nc1. The third-order valence-corrected chi connectivity index (χ3v) is 3.34. The molecule has 2 aromatic heterocycles. The van der Waals surface area contributed by atoms with Crippen LogP contribution in [-0.4, -0.2) is 20.9 Å². The average molecular weight is 326 g/mol. The van der Waals surface area contributed by atoms with Crippen molar-refractivity contribution in [3.8, 4) is 11.3 Å². The highest BCUT2D eigenvalue weighted by molar-refractivity contribution is 5.94. The first-order chi connectivity index (χ1) is 11.6. The van der Waals surface area contributed by atoms with Crippen molar-refractivity contribution in [1.29, 1.82) is 0 Å². The van der Waals surface area contributed by atoms with E-state index in [2.05, 4.69) is 20.3 Å². The van der Waals surface area contributed by atoms with E-state index >= 15 is 0 Å². The zero-order valence-corrected chi connectivity index (χ0v) is 12.4. The Morgan fingerprint density at radius 3 is 2.50 bits per heavy atom. The van der Waals surface area contributed by atoms with E-state index in [1.165, 1.54) is 18.6 Å². The first-order valence-corrected chi connectivity index (χ1v) is 7.07. The van der Waals surface area contributed by atoms with Crippen LogP contribution in [0, 0.1) is 11.6 Å². The van der Waals surface area contributed by atoms with Gasteiger partial charge in [-0.3, -0.25) is 9.78 Å². The quantitative estimate of drug-likeness (QED) is 0.800. The highest BCUT2D eigenvalue weighted by Gasteiger charge is 2.09. The zero-order chi connectivity index (χ0) is 16.9. The lowest BCUT2D eigenvalue weighted by molar-refractivity contribution is 0.0950. The second kappa shape index (κ2) is 6.91. The molecular formula is C17H12F2N4O. The molecule has 0 atom stereocenters. The number of hydrogen-bond donors (Lipinski definition) is 1. The van der Waals surface area contributed by atoms with Crippen LogP contribution in [0.1, 0.15) is 15.9 Å². The minimum Gasteiger partial charge on any atom is -0.348 e. The monoisotopic (exact) mass is 326 g/mol. The minimum absolute atomic E-state index is 0.0424.